The largest absolute Gasteiger partial charge is 0.449 e. The minimum absolute atomic E-state index is 0.0146. The van der Waals surface area contributed by atoms with Gasteiger partial charge in [-0.3, -0.25) is 4.79 Å². The van der Waals surface area contributed by atoms with E-state index in [1.54, 1.807) is 31.2 Å². The number of hydrogen-bond donors (Lipinski definition) is 0. The van der Waals surface area contributed by atoms with Crippen LogP contribution < -0.4 is 0 Å². The maximum atomic E-state index is 13.0. The Morgan fingerprint density at radius 3 is 2.57 bits per heavy atom. The zero-order chi connectivity index (χ0) is 20.1. The van der Waals surface area contributed by atoms with Crippen molar-refractivity contribution >= 4 is 23.5 Å². The molecule has 6 nitrogen and oxygen atoms in total. The molecule has 0 aliphatic rings. The highest BCUT2D eigenvalue weighted by atomic mass is 32.2. The SMILES string of the molecule is CC(=O)CSc1ccccc1C(=O)O[C@@H](C)c1nnc(-c2ccc(F)cc2)o1. The van der Waals surface area contributed by atoms with Crippen molar-refractivity contribution in [2.45, 2.75) is 24.8 Å². The van der Waals surface area contributed by atoms with Gasteiger partial charge in [0, 0.05) is 10.5 Å². The lowest BCUT2D eigenvalue weighted by Gasteiger charge is -2.12. The minimum atomic E-state index is -0.778. The van der Waals surface area contributed by atoms with Crippen molar-refractivity contribution in [3.8, 4) is 11.5 Å². The number of esters is 1. The summed E-state index contributed by atoms with van der Waals surface area (Å²) in [5.41, 5.74) is 0.920. The van der Waals surface area contributed by atoms with Crippen molar-refractivity contribution < 1.29 is 23.1 Å². The molecule has 1 atom stereocenters. The van der Waals surface area contributed by atoms with Crippen molar-refractivity contribution in [3.63, 3.8) is 0 Å². The van der Waals surface area contributed by atoms with E-state index in [9.17, 15) is 14.0 Å². The van der Waals surface area contributed by atoms with Crippen molar-refractivity contribution in [2.24, 2.45) is 0 Å². The zero-order valence-electron chi connectivity index (χ0n) is 15.2. The number of rotatable bonds is 7. The lowest BCUT2D eigenvalue weighted by molar-refractivity contribution is -0.114. The first-order valence-electron chi connectivity index (χ1n) is 8.45. The lowest BCUT2D eigenvalue weighted by atomic mass is 10.2. The van der Waals surface area contributed by atoms with Gasteiger partial charge in [-0.25, -0.2) is 9.18 Å². The predicted molar refractivity (Wildman–Crippen MR) is 101 cm³/mol. The molecule has 0 amide bonds. The number of thioether (sulfide) groups is 1. The van der Waals surface area contributed by atoms with E-state index in [0.29, 0.717) is 16.0 Å². The van der Waals surface area contributed by atoms with E-state index in [1.165, 1.54) is 43.0 Å². The standard InChI is InChI=1S/C20H17FN2O4S/c1-12(24)11-28-17-6-4-3-5-16(17)20(25)26-13(2)18-22-23-19(27-18)14-7-9-15(21)10-8-14/h3-10,13H,11H2,1-2H3/t13-/m0/s1. The van der Waals surface area contributed by atoms with Crippen LogP contribution >= 0.6 is 11.8 Å². The van der Waals surface area contributed by atoms with Crippen LogP contribution in [0.5, 0.6) is 0 Å². The first-order valence-corrected chi connectivity index (χ1v) is 9.44. The molecule has 3 aromatic rings. The van der Waals surface area contributed by atoms with E-state index in [0.717, 1.165) is 0 Å². The summed E-state index contributed by atoms with van der Waals surface area (Å²) in [6.45, 7) is 3.11. The number of Topliss-reactive ketones (excluding diaryl/α,β-unsaturated/α-hetero) is 1. The molecule has 0 radical (unpaired) electrons. The second-order valence-electron chi connectivity index (χ2n) is 5.99. The van der Waals surface area contributed by atoms with Crippen molar-refractivity contribution in [2.75, 3.05) is 5.75 Å². The van der Waals surface area contributed by atoms with Gasteiger partial charge < -0.3 is 9.15 Å². The van der Waals surface area contributed by atoms with Crippen LogP contribution in [0.15, 0.2) is 57.8 Å². The Bertz CT molecular complexity index is 988. The van der Waals surface area contributed by atoms with E-state index in [1.807, 2.05) is 0 Å². The van der Waals surface area contributed by atoms with Crippen LogP contribution in [0.4, 0.5) is 4.39 Å². The molecule has 1 aromatic heterocycles. The number of hydrogen-bond acceptors (Lipinski definition) is 7. The highest BCUT2D eigenvalue weighted by Crippen LogP contribution is 2.27. The van der Waals surface area contributed by atoms with E-state index < -0.39 is 12.1 Å². The second-order valence-corrected chi connectivity index (χ2v) is 7.00. The molecule has 0 saturated carbocycles. The van der Waals surface area contributed by atoms with Gasteiger partial charge in [-0.1, -0.05) is 12.1 Å². The Kier molecular flexibility index (Phi) is 6.20. The molecular weight excluding hydrogens is 383 g/mol. The number of aromatic nitrogens is 2. The summed E-state index contributed by atoms with van der Waals surface area (Å²) in [6, 6.07) is 12.5. The Labute approximate surface area is 165 Å². The van der Waals surface area contributed by atoms with E-state index >= 15 is 0 Å². The van der Waals surface area contributed by atoms with Crippen LogP contribution in [0, 0.1) is 5.82 Å². The maximum Gasteiger partial charge on any atom is 0.340 e. The van der Waals surface area contributed by atoms with Crippen LogP contribution in [0.3, 0.4) is 0 Å². The van der Waals surface area contributed by atoms with Gasteiger partial charge in [0.25, 0.3) is 5.89 Å². The third kappa shape index (κ3) is 4.83. The van der Waals surface area contributed by atoms with Crippen LogP contribution in [0.25, 0.3) is 11.5 Å². The summed E-state index contributed by atoms with van der Waals surface area (Å²) in [4.78, 5) is 24.4. The fraction of sp³-hybridized carbons (Fsp3) is 0.200. The topological polar surface area (TPSA) is 82.3 Å². The number of ketones is 1. The van der Waals surface area contributed by atoms with Gasteiger partial charge in [-0.15, -0.1) is 22.0 Å². The molecular formula is C20H17FN2O4S. The van der Waals surface area contributed by atoms with Crippen LogP contribution in [-0.2, 0) is 9.53 Å². The first-order chi connectivity index (χ1) is 13.4. The Hall–Kier alpha value is -3.00. The Morgan fingerprint density at radius 1 is 1.14 bits per heavy atom. The number of benzene rings is 2. The molecule has 0 saturated heterocycles. The van der Waals surface area contributed by atoms with Gasteiger partial charge in [0.05, 0.1) is 11.3 Å². The normalized spacial score (nSPS) is 11.8. The number of halogens is 1. The Morgan fingerprint density at radius 2 is 1.86 bits per heavy atom. The Balaban J connectivity index is 1.71. The molecule has 2 aromatic carbocycles. The number of carbonyl (C=O) groups is 2. The van der Waals surface area contributed by atoms with Gasteiger partial charge in [0.15, 0.2) is 6.10 Å². The summed E-state index contributed by atoms with van der Waals surface area (Å²) in [5.74, 6) is -0.310. The van der Waals surface area contributed by atoms with Crippen LogP contribution in [-0.4, -0.2) is 27.7 Å². The average Bonchev–Trinajstić information content (AvgIpc) is 3.17. The smallest absolute Gasteiger partial charge is 0.340 e. The van der Waals surface area contributed by atoms with Gasteiger partial charge in [0.1, 0.15) is 11.6 Å². The van der Waals surface area contributed by atoms with Gasteiger partial charge >= 0.3 is 5.97 Å². The molecule has 8 heteroatoms. The van der Waals surface area contributed by atoms with Crippen LogP contribution in [0.1, 0.15) is 36.2 Å². The number of carbonyl (C=O) groups excluding carboxylic acids is 2. The summed E-state index contributed by atoms with van der Waals surface area (Å²) in [7, 11) is 0. The van der Waals surface area contributed by atoms with Gasteiger partial charge in [0.2, 0.25) is 5.89 Å². The van der Waals surface area contributed by atoms with Crippen molar-refractivity contribution in [1.29, 1.82) is 0 Å². The fourth-order valence-corrected chi connectivity index (χ4v) is 3.16. The van der Waals surface area contributed by atoms with Crippen molar-refractivity contribution in [1.82, 2.24) is 10.2 Å². The molecule has 0 N–H and O–H groups in total. The van der Waals surface area contributed by atoms with Gasteiger partial charge in [-0.05, 0) is 50.2 Å². The molecule has 0 fully saturated rings. The maximum absolute atomic E-state index is 13.0. The molecule has 1 heterocycles. The highest BCUT2D eigenvalue weighted by Gasteiger charge is 2.21. The zero-order valence-corrected chi connectivity index (χ0v) is 16.0. The summed E-state index contributed by atoms with van der Waals surface area (Å²) in [5, 5.41) is 7.82. The molecule has 0 unspecified atom stereocenters. The molecule has 3 rings (SSSR count). The fourth-order valence-electron chi connectivity index (χ4n) is 2.32. The first kappa shape index (κ1) is 19.8. The third-order valence-corrected chi connectivity index (χ3v) is 4.92. The number of ether oxygens (including phenoxy) is 1. The van der Waals surface area contributed by atoms with E-state index in [4.69, 9.17) is 9.15 Å². The summed E-state index contributed by atoms with van der Waals surface area (Å²) in [6.07, 6.45) is -0.778. The lowest BCUT2D eigenvalue weighted by Crippen LogP contribution is -2.11. The molecule has 0 aliphatic heterocycles. The minimum Gasteiger partial charge on any atom is -0.449 e. The van der Waals surface area contributed by atoms with Gasteiger partial charge in [-0.2, -0.15) is 0 Å². The highest BCUT2D eigenvalue weighted by molar-refractivity contribution is 8.00. The summed E-state index contributed by atoms with van der Waals surface area (Å²) < 4.78 is 24.0. The third-order valence-electron chi connectivity index (χ3n) is 3.70. The second kappa shape index (κ2) is 8.79. The quantitative estimate of drug-likeness (QED) is 0.427. The number of nitrogens with zero attached hydrogens (tertiary/aromatic N) is 2. The predicted octanol–water partition coefficient (Wildman–Crippen LogP) is 4.47. The van der Waals surface area contributed by atoms with E-state index in [2.05, 4.69) is 10.2 Å². The van der Waals surface area contributed by atoms with Crippen molar-refractivity contribution in [3.05, 3.63) is 65.8 Å². The monoisotopic (exact) mass is 400 g/mol. The molecule has 0 spiro atoms. The molecule has 0 aliphatic carbocycles. The molecule has 28 heavy (non-hydrogen) atoms. The van der Waals surface area contributed by atoms with E-state index in [-0.39, 0.29) is 29.1 Å². The average molecular weight is 400 g/mol. The molecule has 0 bridgehead atoms. The van der Waals surface area contributed by atoms with Crippen LogP contribution in [0.2, 0.25) is 0 Å². The summed E-state index contributed by atoms with van der Waals surface area (Å²) >= 11 is 1.28. The molecule has 144 valence electrons.